The quantitative estimate of drug-likeness (QED) is 0.932. The number of ether oxygens (including phenoxy) is 1. The number of aryl methyl sites for hydroxylation is 2. The molecule has 3 nitrogen and oxygen atoms in total. The van der Waals surface area contributed by atoms with Gasteiger partial charge in [-0.25, -0.2) is 4.98 Å². The number of nitrogens with two attached hydrogens (primary N) is 1. The fourth-order valence-corrected chi connectivity index (χ4v) is 3.18. The maximum atomic E-state index is 5.64. The first-order valence-electron chi connectivity index (χ1n) is 6.77. The van der Waals surface area contributed by atoms with E-state index in [-0.39, 0.29) is 0 Å². The number of hydrogen-bond donors (Lipinski definition) is 1. The minimum absolute atomic E-state index is 0.727. The van der Waals surface area contributed by atoms with Crippen molar-refractivity contribution in [2.75, 3.05) is 13.2 Å². The molecule has 0 unspecified atom stereocenters. The van der Waals surface area contributed by atoms with Crippen LogP contribution in [0.15, 0.2) is 23.6 Å². The minimum Gasteiger partial charge on any atom is -0.493 e. The second kappa shape index (κ2) is 5.72. The lowest BCUT2D eigenvalue weighted by atomic mass is 10.0. The molecule has 0 saturated heterocycles. The largest absolute Gasteiger partial charge is 0.493 e. The van der Waals surface area contributed by atoms with Crippen molar-refractivity contribution in [3.63, 3.8) is 0 Å². The molecule has 0 amide bonds. The van der Waals surface area contributed by atoms with Crippen LogP contribution in [-0.4, -0.2) is 18.1 Å². The lowest BCUT2D eigenvalue weighted by Crippen LogP contribution is -2.08. The monoisotopic (exact) mass is 274 g/mol. The van der Waals surface area contributed by atoms with Crippen LogP contribution in [0.4, 0.5) is 0 Å². The zero-order chi connectivity index (χ0) is 13.1. The predicted molar refractivity (Wildman–Crippen MR) is 78.7 cm³/mol. The van der Waals surface area contributed by atoms with Gasteiger partial charge in [-0.1, -0.05) is 0 Å². The van der Waals surface area contributed by atoms with Gasteiger partial charge in [-0.3, -0.25) is 0 Å². The van der Waals surface area contributed by atoms with Crippen LogP contribution in [0.5, 0.6) is 5.75 Å². The summed E-state index contributed by atoms with van der Waals surface area (Å²) in [4.78, 5) is 4.69. The molecule has 3 rings (SSSR count). The van der Waals surface area contributed by atoms with Crippen molar-refractivity contribution >= 4 is 11.3 Å². The van der Waals surface area contributed by atoms with Gasteiger partial charge in [0.2, 0.25) is 0 Å². The maximum Gasteiger partial charge on any atom is 0.122 e. The number of fused-ring (bicyclic) bond motifs is 1. The number of aromatic nitrogens is 1. The fourth-order valence-electron chi connectivity index (χ4n) is 2.33. The minimum atomic E-state index is 0.727. The zero-order valence-corrected chi connectivity index (χ0v) is 11.7. The van der Waals surface area contributed by atoms with Crippen LogP contribution in [0.1, 0.15) is 23.4 Å². The first-order chi connectivity index (χ1) is 9.36. The zero-order valence-electron chi connectivity index (χ0n) is 10.9. The molecule has 0 radical (unpaired) electrons. The van der Waals surface area contributed by atoms with Gasteiger partial charge in [-0.2, -0.15) is 0 Å². The van der Waals surface area contributed by atoms with Gasteiger partial charge < -0.3 is 10.5 Å². The molecule has 2 aromatic rings. The van der Waals surface area contributed by atoms with Gasteiger partial charge >= 0.3 is 0 Å². The second-order valence-corrected chi connectivity index (χ2v) is 5.74. The highest BCUT2D eigenvalue weighted by molar-refractivity contribution is 7.09. The molecule has 0 aliphatic carbocycles. The Morgan fingerprint density at radius 3 is 3.21 bits per heavy atom. The fraction of sp³-hybridized carbons (Fsp3) is 0.400. The Hall–Kier alpha value is -1.39. The van der Waals surface area contributed by atoms with Gasteiger partial charge in [-0.15, -0.1) is 11.3 Å². The predicted octanol–water partition coefficient (Wildman–Crippen LogP) is 3.03. The first kappa shape index (κ1) is 12.6. The Labute approximate surface area is 117 Å². The molecule has 4 heteroatoms. The summed E-state index contributed by atoms with van der Waals surface area (Å²) in [5.74, 6) is 1.04. The maximum absolute atomic E-state index is 5.64. The van der Waals surface area contributed by atoms with Crippen molar-refractivity contribution in [3.8, 4) is 17.0 Å². The Morgan fingerprint density at radius 1 is 1.37 bits per heavy atom. The van der Waals surface area contributed by atoms with Crippen LogP contribution in [0.3, 0.4) is 0 Å². The van der Waals surface area contributed by atoms with Crippen LogP contribution in [0.2, 0.25) is 0 Å². The van der Waals surface area contributed by atoms with Gasteiger partial charge in [0.25, 0.3) is 0 Å². The molecule has 0 bridgehead atoms. The average Bonchev–Trinajstić information content (AvgIpc) is 2.93. The summed E-state index contributed by atoms with van der Waals surface area (Å²) in [6.45, 7) is 1.57. The average molecular weight is 274 g/mol. The lowest BCUT2D eigenvalue weighted by molar-refractivity contribution is 0.288. The van der Waals surface area contributed by atoms with Crippen LogP contribution in [-0.2, 0) is 12.8 Å². The van der Waals surface area contributed by atoms with Gasteiger partial charge in [0.1, 0.15) is 5.75 Å². The van der Waals surface area contributed by atoms with E-state index in [0.717, 1.165) is 50.3 Å². The summed E-state index contributed by atoms with van der Waals surface area (Å²) >= 11 is 1.72. The highest BCUT2D eigenvalue weighted by atomic mass is 32.1. The van der Waals surface area contributed by atoms with Crippen molar-refractivity contribution in [1.82, 2.24) is 4.98 Å². The molecule has 19 heavy (non-hydrogen) atoms. The molecule has 1 aliphatic rings. The molecule has 2 N–H and O–H groups in total. The molecule has 0 saturated carbocycles. The van der Waals surface area contributed by atoms with Crippen LogP contribution in [0.25, 0.3) is 11.3 Å². The van der Waals surface area contributed by atoms with Gasteiger partial charge in [0, 0.05) is 17.4 Å². The number of rotatable bonds is 4. The van der Waals surface area contributed by atoms with E-state index in [4.69, 9.17) is 10.5 Å². The van der Waals surface area contributed by atoms with E-state index < -0.39 is 0 Å². The van der Waals surface area contributed by atoms with Crippen LogP contribution >= 0.6 is 11.3 Å². The molecule has 0 atom stereocenters. The summed E-state index contributed by atoms with van der Waals surface area (Å²) in [5, 5.41) is 3.31. The number of hydrogen-bond acceptors (Lipinski definition) is 4. The standard InChI is InChI=1S/C15H18N2OS/c16-7-1-4-15-17-13(10-19-15)11-5-6-14-12(9-11)3-2-8-18-14/h5-6,9-10H,1-4,7-8,16H2. The van der Waals surface area contributed by atoms with Crippen molar-refractivity contribution < 1.29 is 4.74 Å². The summed E-state index contributed by atoms with van der Waals surface area (Å²) in [6.07, 6.45) is 4.20. The number of benzene rings is 1. The smallest absolute Gasteiger partial charge is 0.122 e. The third kappa shape index (κ3) is 2.80. The van der Waals surface area contributed by atoms with Gasteiger partial charge in [-0.05, 0) is 49.6 Å². The van der Waals surface area contributed by atoms with Crippen molar-refractivity contribution in [2.24, 2.45) is 5.73 Å². The molecule has 1 aliphatic heterocycles. The highest BCUT2D eigenvalue weighted by Crippen LogP contribution is 2.30. The lowest BCUT2D eigenvalue weighted by Gasteiger charge is -2.17. The topological polar surface area (TPSA) is 48.1 Å². The third-order valence-corrected chi connectivity index (χ3v) is 4.26. The third-order valence-electron chi connectivity index (χ3n) is 3.35. The Morgan fingerprint density at radius 2 is 2.32 bits per heavy atom. The molecule has 1 aromatic carbocycles. The molecular weight excluding hydrogens is 256 g/mol. The van der Waals surface area contributed by atoms with E-state index in [2.05, 4.69) is 28.6 Å². The first-order valence-corrected chi connectivity index (χ1v) is 7.65. The molecular formula is C15H18N2OS. The Kier molecular flexibility index (Phi) is 3.80. The summed E-state index contributed by atoms with van der Waals surface area (Å²) in [5.41, 5.74) is 9.11. The van der Waals surface area contributed by atoms with E-state index in [0.29, 0.717) is 0 Å². The summed E-state index contributed by atoms with van der Waals surface area (Å²) in [7, 11) is 0. The molecule has 0 spiro atoms. The Bertz CT molecular complexity index is 565. The molecule has 100 valence electrons. The van der Waals surface area contributed by atoms with Crippen molar-refractivity contribution in [3.05, 3.63) is 34.2 Å². The highest BCUT2D eigenvalue weighted by Gasteiger charge is 2.12. The van der Waals surface area contributed by atoms with E-state index in [9.17, 15) is 0 Å². The normalized spacial score (nSPS) is 13.9. The van der Waals surface area contributed by atoms with E-state index in [1.807, 2.05) is 0 Å². The molecule has 2 heterocycles. The SMILES string of the molecule is NCCCc1nc(-c2ccc3c(c2)CCCO3)cs1. The number of thiazole rings is 1. The summed E-state index contributed by atoms with van der Waals surface area (Å²) in [6, 6.07) is 6.39. The van der Waals surface area contributed by atoms with Gasteiger partial charge in [0.15, 0.2) is 0 Å². The molecule has 0 fully saturated rings. The van der Waals surface area contributed by atoms with Crippen molar-refractivity contribution in [1.29, 1.82) is 0 Å². The molecule has 1 aromatic heterocycles. The van der Waals surface area contributed by atoms with Crippen LogP contribution in [0, 0.1) is 0 Å². The van der Waals surface area contributed by atoms with Gasteiger partial charge in [0.05, 0.1) is 17.3 Å². The van der Waals surface area contributed by atoms with Crippen molar-refractivity contribution in [2.45, 2.75) is 25.7 Å². The van der Waals surface area contributed by atoms with Crippen LogP contribution < -0.4 is 10.5 Å². The Balaban J connectivity index is 1.83. The second-order valence-electron chi connectivity index (χ2n) is 4.79. The summed E-state index contributed by atoms with van der Waals surface area (Å²) < 4.78 is 5.64. The van der Waals surface area contributed by atoms with E-state index in [1.54, 1.807) is 11.3 Å². The number of nitrogens with zero attached hydrogens (tertiary/aromatic N) is 1. The van der Waals surface area contributed by atoms with E-state index in [1.165, 1.54) is 16.1 Å². The van der Waals surface area contributed by atoms with E-state index >= 15 is 0 Å².